The van der Waals surface area contributed by atoms with Crippen LogP contribution >= 0.6 is 11.6 Å². The quantitative estimate of drug-likeness (QED) is 0.719. The van der Waals surface area contributed by atoms with Gasteiger partial charge >= 0.3 is 6.18 Å². The lowest BCUT2D eigenvalue weighted by Gasteiger charge is -2.29. The zero-order chi connectivity index (χ0) is 20.5. The number of rotatable bonds is 4. The van der Waals surface area contributed by atoms with E-state index in [0.717, 1.165) is 17.7 Å². The third-order valence-corrected chi connectivity index (χ3v) is 5.07. The number of alkyl halides is 3. The number of hydrogen-bond acceptors (Lipinski definition) is 2. The highest BCUT2D eigenvalue weighted by molar-refractivity contribution is 6.31. The molecule has 1 saturated heterocycles. The summed E-state index contributed by atoms with van der Waals surface area (Å²) >= 11 is 6.16. The highest BCUT2D eigenvalue weighted by Gasteiger charge is 2.37. The van der Waals surface area contributed by atoms with Gasteiger partial charge in [-0.1, -0.05) is 29.8 Å². The minimum Gasteiger partial charge on any atom is -0.324 e. The molecular formula is C20H18ClF3N2O2. The molecule has 28 heavy (non-hydrogen) atoms. The molecule has 0 bridgehead atoms. The Bertz CT molecular complexity index is 915. The summed E-state index contributed by atoms with van der Waals surface area (Å²) in [6, 6.07) is 9.43. The normalized spacial score (nSPS) is 14.5. The fourth-order valence-electron chi connectivity index (χ4n) is 3.10. The smallest absolute Gasteiger partial charge is 0.324 e. The lowest BCUT2D eigenvalue weighted by atomic mass is 10.1. The van der Waals surface area contributed by atoms with Crippen LogP contribution in [-0.4, -0.2) is 29.9 Å². The number of carbonyl (C=O) groups excluding carboxylic acids is 2. The Morgan fingerprint density at radius 2 is 1.93 bits per heavy atom. The minimum atomic E-state index is -4.67. The van der Waals surface area contributed by atoms with Crippen LogP contribution < -0.4 is 4.90 Å². The Morgan fingerprint density at radius 1 is 1.21 bits per heavy atom. The maximum Gasteiger partial charge on any atom is 0.417 e. The number of nitrogens with zero attached hydrogens (tertiary/aromatic N) is 2. The monoisotopic (exact) mass is 410 g/mol. The first kappa shape index (κ1) is 20.2. The predicted octanol–water partition coefficient (Wildman–Crippen LogP) is 4.89. The van der Waals surface area contributed by atoms with Gasteiger partial charge in [-0.3, -0.25) is 14.5 Å². The number of likely N-dealkylation sites (tertiary alicyclic amines) is 1. The summed E-state index contributed by atoms with van der Waals surface area (Å²) in [4.78, 5) is 27.8. The highest BCUT2D eigenvalue weighted by atomic mass is 35.5. The van der Waals surface area contributed by atoms with Gasteiger partial charge in [0.2, 0.25) is 5.91 Å². The molecule has 3 rings (SSSR count). The first-order valence-corrected chi connectivity index (χ1v) is 9.08. The molecule has 148 valence electrons. The second kappa shape index (κ2) is 7.83. The first-order valence-electron chi connectivity index (χ1n) is 8.70. The molecule has 0 radical (unpaired) electrons. The molecule has 0 atom stereocenters. The van der Waals surface area contributed by atoms with Crippen LogP contribution in [0.3, 0.4) is 0 Å². The fraction of sp³-hybridized carbons (Fsp3) is 0.300. The average molecular weight is 411 g/mol. The van der Waals surface area contributed by atoms with E-state index in [1.807, 2.05) is 0 Å². The maximum absolute atomic E-state index is 13.4. The van der Waals surface area contributed by atoms with E-state index in [1.165, 1.54) is 28.0 Å². The lowest BCUT2D eigenvalue weighted by Crippen LogP contribution is -2.43. The van der Waals surface area contributed by atoms with Crippen molar-refractivity contribution >= 4 is 29.1 Å². The predicted molar refractivity (Wildman–Crippen MR) is 100 cm³/mol. The van der Waals surface area contributed by atoms with Crippen molar-refractivity contribution in [1.29, 1.82) is 0 Å². The van der Waals surface area contributed by atoms with Crippen molar-refractivity contribution in [2.45, 2.75) is 25.9 Å². The van der Waals surface area contributed by atoms with Crippen molar-refractivity contribution in [3.8, 4) is 0 Å². The Labute approximate surface area is 165 Å². The topological polar surface area (TPSA) is 40.6 Å². The first-order chi connectivity index (χ1) is 13.2. The van der Waals surface area contributed by atoms with Crippen molar-refractivity contribution in [2.24, 2.45) is 0 Å². The number of benzene rings is 2. The largest absolute Gasteiger partial charge is 0.417 e. The Kier molecular flexibility index (Phi) is 5.65. The number of hydrogen-bond donors (Lipinski definition) is 0. The van der Waals surface area contributed by atoms with Crippen LogP contribution in [0.1, 0.15) is 34.3 Å². The summed E-state index contributed by atoms with van der Waals surface area (Å²) < 4.78 is 40.2. The zero-order valence-electron chi connectivity index (χ0n) is 15.1. The van der Waals surface area contributed by atoms with E-state index in [9.17, 15) is 22.8 Å². The number of halogens is 4. The van der Waals surface area contributed by atoms with Gasteiger partial charge in [-0.25, -0.2) is 0 Å². The van der Waals surface area contributed by atoms with Gasteiger partial charge in [-0.2, -0.15) is 13.2 Å². The van der Waals surface area contributed by atoms with Crippen molar-refractivity contribution < 1.29 is 22.8 Å². The van der Waals surface area contributed by atoms with Crippen LogP contribution in [0.2, 0.25) is 5.02 Å². The summed E-state index contributed by atoms with van der Waals surface area (Å²) in [6.07, 6.45) is -3.67. The second-order valence-electron chi connectivity index (χ2n) is 6.61. The molecule has 2 aromatic rings. The lowest BCUT2D eigenvalue weighted by molar-refractivity contribution is -0.138. The van der Waals surface area contributed by atoms with E-state index in [-0.39, 0.29) is 12.6 Å². The third-order valence-electron chi connectivity index (χ3n) is 4.66. The fourth-order valence-corrected chi connectivity index (χ4v) is 3.27. The molecular weight excluding hydrogens is 393 g/mol. The van der Waals surface area contributed by atoms with Crippen molar-refractivity contribution in [1.82, 2.24) is 4.90 Å². The molecule has 0 unspecified atom stereocenters. The Hall–Kier alpha value is -2.54. The van der Waals surface area contributed by atoms with Gasteiger partial charge in [0.25, 0.3) is 5.91 Å². The van der Waals surface area contributed by atoms with Gasteiger partial charge in [-0.05, 0) is 43.2 Å². The average Bonchev–Trinajstić information content (AvgIpc) is 3.05. The molecule has 0 saturated carbocycles. The van der Waals surface area contributed by atoms with E-state index in [0.29, 0.717) is 30.1 Å². The van der Waals surface area contributed by atoms with Gasteiger partial charge in [-0.15, -0.1) is 0 Å². The summed E-state index contributed by atoms with van der Waals surface area (Å²) in [7, 11) is 0. The van der Waals surface area contributed by atoms with Crippen LogP contribution in [0.4, 0.5) is 18.9 Å². The van der Waals surface area contributed by atoms with Gasteiger partial charge in [0.05, 0.1) is 11.1 Å². The van der Waals surface area contributed by atoms with Crippen LogP contribution in [0.5, 0.6) is 0 Å². The molecule has 0 spiro atoms. The van der Waals surface area contributed by atoms with E-state index in [4.69, 9.17) is 11.6 Å². The van der Waals surface area contributed by atoms with Gasteiger partial charge < -0.3 is 4.90 Å². The molecule has 0 N–H and O–H groups in total. The number of carbonyl (C=O) groups is 2. The molecule has 1 fully saturated rings. The van der Waals surface area contributed by atoms with Crippen LogP contribution in [-0.2, 0) is 11.0 Å². The van der Waals surface area contributed by atoms with Gasteiger partial charge in [0.15, 0.2) is 0 Å². The summed E-state index contributed by atoms with van der Waals surface area (Å²) in [5.74, 6) is -0.979. The Morgan fingerprint density at radius 3 is 2.54 bits per heavy atom. The van der Waals surface area contributed by atoms with Gasteiger partial charge in [0.1, 0.15) is 6.67 Å². The number of amides is 2. The molecule has 0 aliphatic carbocycles. The summed E-state index contributed by atoms with van der Waals surface area (Å²) in [6.45, 7) is 2.09. The Balaban J connectivity index is 2.04. The molecule has 1 aliphatic heterocycles. The van der Waals surface area contributed by atoms with E-state index in [2.05, 4.69) is 0 Å². The maximum atomic E-state index is 13.4. The molecule has 1 heterocycles. The highest BCUT2D eigenvalue weighted by Crippen LogP contribution is 2.34. The van der Waals surface area contributed by atoms with Crippen LogP contribution in [0.25, 0.3) is 0 Å². The summed E-state index contributed by atoms with van der Waals surface area (Å²) in [5, 5.41) is 0.382. The molecule has 8 heteroatoms. The number of aryl methyl sites for hydroxylation is 1. The molecule has 4 nitrogen and oxygen atoms in total. The summed E-state index contributed by atoms with van der Waals surface area (Å²) in [5.41, 5.74) is -0.391. The molecule has 2 amide bonds. The van der Waals surface area contributed by atoms with Crippen LogP contribution in [0.15, 0.2) is 42.5 Å². The van der Waals surface area contributed by atoms with Crippen molar-refractivity contribution in [3.05, 3.63) is 64.2 Å². The molecule has 2 aromatic carbocycles. The van der Waals surface area contributed by atoms with Crippen LogP contribution in [0, 0.1) is 6.92 Å². The minimum absolute atomic E-state index is 0.136. The SMILES string of the molecule is Cc1ccc(N(CN2CCCC2=O)C(=O)c2ccccc2C(F)(F)F)cc1Cl. The molecule has 0 aromatic heterocycles. The second-order valence-corrected chi connectivity index (χ2v) is 7.02. The standard InChI is InChI=1S/C20H18ClF3N2O2/c1-13-8-9-14(11-17(13)21)26(12-25-10-4-7-18(25)27)19(28)15-5-2-3-6-16(15)20(22,23)24/h2-3,5-6,8-9,11H,4,7,10,12H2,1H3. The van der Waals surface area contributed by atoms with Crippen molar-refractivity contribution in [3.63, 3.8) is 0 Å². The van der Waals surface area contributed by atoms with Crippen molar-refractivity contribution in [2.75, 3.05) is 18.1 Å². The zero-order valence-corrected chi connectivity index (χ0v) is 15.8. The van der Waals surface area contributed by atoms with E-state index < -0.39 is 23.2 Å². The number of anilines is 1. The van der Waals surface area contributed by atoms with Gasteiger partial charge in [0, 0.05) is 23.7 Å². The van der Waals surface area contributed by atoms with E-state index >= 15 is 0 Å². The van der Waals surface area contributed by atoms with E-state index in [1.54, 1.807) is 19.1 Å². The third kappa shape index (κ3) is 4.14. The molecule has 1 aliphatic rings.